The number of benzene rings is 1. The third-order valence-electron chi connectivity index (χ3n) is 4.67. The van der Waals surface area contributed by atoms with Crippen molar-refractivity contribution in [3.8, 4) is 0 Å². The van der Waals surface area contributed by atoms with E-state index in [1.165, 1.54) is 18.9 Å². The number of rotatable bonds is 4. The third-order valence-corrected chi connectivity index (χ3v) is 4.67. The lowest BCUT2D eigenvalue weighted by atomic mass is 9.85. The minimum absolute atomic E-state index is 0.0281. The van der Waals surface area contributed by atoms with Crippen molar-refractivity contribution in [1.82, 2.24) is 4.90 Å². The first kappa shape index (κ1) is 16.1. The number of hydrogen-bond donors (Lipinski definition) is 0. The summed E-state index contributed by atoms with van der Waals surface area (Å²) in [5.74, 6) is -1.06. The van der Waals surface area contributed by atoms with Gasteiger partial charge < -0.3 is 0 Å². The molecule has 0 aliphatic heterocycles. The van der Waals surface area contributed by atoms with E-state index in [4.69, 9.17) is 0 Å². The molecule has 1 aliphatic rings. The second kappa shape index (κ2) is 6.65. The van der Waals surface area contributed by atoms with E-state index in [9.17, 15) is 13.6 Å². The highest BCUT2D eigenvalue weighted by Gasteiger charge is 2.29. The van der Waals surface area contributed by atoms with Crippen LogP contribution in [-0.2, 0) is 0 Å². The molecule has 0 heterocycles. The van der Waals surface area contributed by atoms with Gasteiger partial charge in [-0.2, -0.15) is 0 Å². The van der Waals surface area contributed by atoms with E-state index in [1.807, 2.05) is 11.9 Å². The minimum Gasteiger partial charge on any atom is -0.294 e. The Balaban J connectivity index is 2.10. The molecular weight excluding hydrogens is 272 g/mol. The van der Waals surface area contributed by atoms with Crippen LogP contribution in [0.25, 0.3) is 0 Å². The average Bonchev–Trinajstić information content (AvgIpc) is 2.45. The first-order valence-corrected chi connectivity index (χ1v) is 7.61. The Morgan fingerprint density at radius 1 is 1.33 bits per heavy atom. The van der Waals surface area contributed by atoms with Crippen molar-refractivity contribution >= 4 is 5.78 Å². The number of Topliss-reactive ketones (excluding diaryl/α,β-unsaturated/α-hetero) is 1. The van der Waals surface area contributed by atoms with Crippen LogP contribution in [0.3, 0.4) is 0 Å². The molecule has 2 nitrogen and oxygen atoms in total. The van der Waals surface area contributed by atoms with E-state index in [2.05, 4.69) is 6.92 Å². The molecule has 0 amide bonds. The Hall–Kier alpha value is -1.29. The summed E-state index contributed by atoms with van der Waals surface area (Å²) in [5.41, 5.74) is -0.0281. The predicted octanol–water partition coefficient (Wildman–Crippen LogP) is 4.05. The van der Waals surface area contributed by atoms with Crippen LogP contribution in [-0.4, -0.2) is 29.8 Å². The van der Waals surface area contributed by atoms with Crippen LogP contribution in [0.2, 0.25) is 0 Å². The van der Waals surface area contributed by atoms with Gasteiger partial charge in [-0.05, 0) is 44.9 Å². The van der Waals surface area contributed by atoms with Crippen LogP contribution in [0.1, 0.15) is 49.9 Å². The topological polar surface area (TPSA) is 20.3 Å². The van der Waals surface area contributed by atoms with E-state index in [1.54, 1.807) is 6.92 Å². The van der Waals surface area contributed by atoms with E-state index in [0.717, 1.165) is 25.0 Å². The molecular formula is C17H23F2NO. The maximum absolute atomic E-state index is 13.7. The van der Waals surface area contributed by atoms with E-state index >= 15 is 0 Å². The molecule has 0 N–H and O–H groups in total. The largest absolute Gasteiger partial charge is 0.294 e. The maximum Gasteiger partial charge on any atom is 0.182 e. The Kier molecular flexibility index (Phi) is 5.09. The van der Waals surface area contributed by atoms with E-state index in [-0.39, 0.29) is 11.3 Å². The quantitative estimate of drug-likeness (QED) is 0.781. The number of carbonyl (C=O) groups is 1. The summed E-state index contributed by atoms with van der Waals surface area (Å²) >= 11 is 0. The average molecular weight is 295 g/mol. The molecule has 0 saturated heterocycles. The van der Waals surface area contributed by atoms with Gasteiger partial charge in [-0.15, -0.1) is 0 Å². The van der Waals surface area contributed by atoms with Gasteiger partial charge in [0.2, 0.25) is 0 Å². The van der Waals surface area contributed by atoms with Crippen molar-refractivity contribution in [2.24, 2.45) is 5.92 Å². The van der Waals surface area contributed by atoms with Crippen LogP contribution in [0, 0.1) is 17.6 Å². The van der Waals surface area contributed by atoms with Crippen molar-refractivity contribution in [2.75, 3.05) is 7.05 Å². The fraction of sp³-hybridized carbons (Fsp3) is 0.588. The molecule has 1 aromatic carbocycles. The number of hydrogen-bond acceptors (Lipinski definition) is 2. The normalized spacial score (nSPS) is 24.1. The Morgan fingerprint density at radius 3 is 2.67 bits per heavy atom. The third kappa shape index (κ3) is 3.67. The molecule has 21 heavy (non-hydrogen) atoms. The predicted molar refractivity (Wildman–Crippen MR) is 79.3 cm³/mol. The van der Waals surface area contributed by atoms with Gasteiger partial charge in [-0.1, -0.05) is 19.8 Å². The van der Waals surface area contributed by atoms with Gasteiger partial charge in [0, 0.05) is 12.1 Å². The first-order valence-electron chi connectivity index (χ1n) is 7.61. The van der Waals surface area contributed by atoms with Gasteiger partial charge >= 0.3 is 0 Å². The molecule has 0 spiro atoms. The first-order chi connectivity index (χ1) is 9.90. The lowest BCUT2D eigenvalue weighted by Crippen LogP contribution is -2.45. The lowest BCUT2D eigenvalue weighted by Gasteiger charge is -2.37. The number of halogens is 2. The molecule has 1 aromatic rings. The van der Waals surface area contributed by atoms with Crippen LogP contribution < -0.4 is 0 Å². The fourth-order valence-electron chi connectivity index (χ4n) is 3.19. The van der Waals surface area contributed by atoms with Crippen LogP contribution in [0.15, 0.2) is 18.2 Å². The summed E-state index contributed by atoms with van der Waals surface area (Å²) < 4.78 is 26.7. The molecule has 3 atom stereocenters. The molecule has 0 radical (unpaired) electrons. The van der Waals surface area contributed by atoms with Crippen LogP contribution in [0.4, 0.5) is 8.78 Å². The summed E-state index contributed by atoms with van der Waals surface area (Å²) in [6.45, 7) is 4.02. The zero-order chi connectivity index (χ0) is 15.6. The summed E-state index contributed by atoms with van der Waals surface area (Å²) in [6.07, 6.45) is 4.55. The van der Waals surface area contributed by atoms with Gasteiger partial charge in [0.15, 0.2) is 5.78 Å². The molecule has 0 bridgehead atoms. The summed E-state index contributed by atoms with van der Waals surface area (Å²) in [7, 11) is 1.92. The highest BCUT2D eigenvalue weighted by atomic mass is 19.1. The van der Waals surface area contributed by atoms with Gasteiger partial charge in [-0.3, -0.25) is 9.69 Å². The van der Waals surface area contributed by atoms with E-state index in [0.29, 0.717) is 12.0 Å². The van der Waals surface area contributed by atoms with Gasteiger partial charge in [-0.25, -0.2) is 8.78 Å². The molecule has 116 valence electrons. The van der Waals surface area contributed by atoms with Crippen LogP contribution >= 0.6 is 0 Å². The smallest absolute Gasteiger partial charge is 0.182 e. The molecule has 1 fully saturated rings. The molecule has 2 rings (SSSR count). The number of likely N-dealkylation sites (N-methyl/N-ethyl adjacent to an activating group) is 1. The fourth-order valence-corrected chi connectivity index (χ4v) is 3.19. The highest BCUT2D eigenvalue weighted by Crippen LogP contribution is 2.28. The van der Waals surface area contributed by atoms with Gasteiger partial charge in [0.1, 0.15) is 11.6 Å². The van der Waals surface area contributed by atoms with Crippen LogP contribution in [0.5, 0.6) is 0 Å². The Morgan fingerprint density at radius 2 is 2.05 bits per heavy atom. The number of carbonyl (C=O) groups excluding carboxylic acids is 1. The zero-order valence-corrected chi connectivity index (χ0v) is 12.9. The second-order valence-electron chi connectivity index (χ2n) is 6.26. The van der Waals surface area contributed by atoms with Gasteiger partial charge in [0.25, 0.3) is 0 Å². The molecule has 4 heteroatoms. The zero-order valence-electron chi connectivity index (χ0n) is 12.9. The number of ketones is 1. The second-order valence-corrected chi connectivity index (χ2v) is 6.26. The van der Waals surface area contributed by atoms with Crippen molar-refractivity contribution in [1.29, 1.82) is 0 Å². The molecule has 3 unspecified atom stereocenters. The van der Waals surface area contributed by atoms with Crippen molar-refractivity contribution in [3.63, 3.8) is 0 Å². The summed E-state index contributed by atoms with van der Waals surface area (Å²) in [4.78, 5) is 14.5. The maximum atomic E-state index is 13.7. The molecule has 0 aromatic heterocycles. The van der Waals surface area contributed by atoms with Crippen molar-refractivity contribution < 1.29 is 13.6 Å². The Bertz CT molecular complexity index is 518. The van der Waals surface area contributed by atoms with Gasteiger partial charge in [0.05, 0.1) is 11.6 Å². The molecule has 1 saturated carbocycles. The SMILES string of the molecule is CC1CCCC(N(C)C(C)C(=O)c2ccc(F)cc2F)C1. The van der Waals surface area contributed by atoms with E-state index < -0.39 is 17.7 Å². The minimum atomic E-state index is -0.780. The summed E-state index contributed by atoms with van der Waals surface area (Å²) in [6, 6.07) is 3.09. The summed E-state index contributed by atoms with van der Waals surface area (Å²) in [5, 5.41) is 0. The monoisotopic (exact) mass is 295 g/mol. The molecule has 1 aliphatic carbocycles. The van der Waals surface area contributed by atoms with Crippen molar-refractivity contribution in [3.05, 3.63) is 35.4 Å². The Labute approximate surface area is 125 Å². The standard InChI is InChI=1S/C17H23F2NO/c1-11-5-4-6-14(9-11)20(3)12(2)17(21)15-8-7-13(18)10-16(15)19/h7-8,10-12,14H,4-6,9H2,1-3H3. The van der Waals surface area contributed by atoms with Crippen molar-refractivity contribution in [2.45, 2.75) is 51.6 Å². The lowest BCUT2D eigenvalue weighted by molar-refractivity contribution is 0.0744. The number of nitrogens with zero attached hydrogens (tertiary/aromatic N) is 1. The highest BCUT2D eigenvalue weighted by molar-refractivity contribution is 6.00.